The molecule has 1 N–H and O–H groups in total. The number of amides is 1. The van der Waals surface area contributed by atoms with E-state index in [4.69, 9.17) is 4.52 Å². The van der Waals surface area contributed by atoms with Crippen molar-refractivity contribution in [3.63, 3.8) is 0 Å². The van der Waals surface area contributed by atoms with Crippen LogP contribution in [0.5, 0.6) is 0 Å². The summed E-state index contributed by atoms with van der Waals surface area (Å²) < 4.78 is 5.05. The van der Waals surface area contributed by atoms with E-state index in [1.165, 1.54) is 17.5 Å². The van der Waals surface area contributed by atoms with Crippen molar-refractivity contribution < 1.29 is 9.32 Å². The van der Waals surface area contributed by atoms with Gasteiger partial charge in [0.05, 0.1) is 5.56 Å². The molecule has 1 aliphatic heterocycles. The first-order valence-electron chi connectivity index (χ1n) is 10.6. The van der Waals surface area contributed by atoms with Crippen LogP contribution < -0.4 is 5.32 Å². The third-order valence-electron chi connectivity index (χ3n) is 5.50. The largest absolute Gasteiger partial charge is 0.348 e. The van der Waals surface area contributed by atoms with E-state index in [9.17, 15) is 4.79 Å². The van der Waals surface area contributed by atoms with E-state index in [2.05, 4.69) is 66.4 Å². The molecule has 9 heteroatoms. The summed E-state index contributed by atoms with van der Waals surface area (Å²) in [7, 11) is 0. The van der Waals surface area contributed by atoms with Crippen molar-refractivity contribution in [2.45, 2.75) is 19.9 Å². The van der Waals surface area contributed by atoms with E-state index in [0.29, 0.717) is 17.9 Å². The van der Waals surface area contributed by atoms with Gasteiger partial charge in [-0.2, -0.15) is 4.98 Å². The standard InChI is InChI=1S/C22H27N7O2/c1-17-5-2-3-6-18(17)15-29-11-9-28(10-12-29)8-4-7-25-21(30)22-26-20(27-31-22)19-13-23-16-24-14-19/h2-3,5-6,13-14,16H,4,7-12,15H2,1H3,(H,25,30). The molecule has 0 unspecified atom stereocenters. The van der Waals surface area contributed by atoms with Crippen LogP contribution in [-0.2, 0) is 6.54 Å². The summed E-state index contributed by atoms with van der Waals surface area (Å²) in [6.07, 6.45) is 5.43. The molecule has 0 radical (unpaired) electrons. The van der Waals surface area contributed by atoms with Crippen LogP contribution in [0.2, 0.25) is 0 Å². The van der Waals surface area contributed by atoms with Crippen molar-refractivity contribution in [3.05, 3.63) is 60.0 Å². The van der Waals surface area contributed by atoms with Crippen molar-refractivity contribution in [2.24, 2.45) is 0 Å². The zero-order chi connectivity index (χ0) is 21.5. The number of hydrogen-bond acceptors (Lipinski definition) is 8. The molecule has 4 rings (SSSR count). The number of benzene rings is 1. The molecule has 0 spiro atoms. The molecule has 0 aliphatic carbocycles. The van der Waals surface area contributed by atoms with Crippen molar-refractivity contribution in [1.29, 1.82) is 0 Å². The van der Waals surface area contributed by atoms with Crippen LogP contribution in [-0.4, -0.2) is 75.1 Å². The van der Waals surface area contributed by atoms with Crippen molar-refractivity contribution in [1.82, 2.24) is 35.2 Å². The number of nitrogens with zero attached hydrogens (tertiary/aromatic N) is 6. The average molecular weight is 422 g/mol. The fourth-order valence-electron chi connectivity index (χ4n) is 3.63. The predicted octanol–water partition coefficient (Wildman–Crippen LogP) is 1.77. The van der Waals surface area contributed by atoms with Gasteiger partial charge in [0.2, 0.25) is 5.82 Å². The van der Waals surface area contributed by atoms with Crippen molar-refractivity contribution in [3.8, 4) is 11.4 Å². The minimum absolute atomic E-state index is 0.0522. The van der Waals surface area contributed by atoms with Gasteiger partial charge in [0.15, 0.2) is 0 Å². The van der Waals surface area contributed by atoms with Gasteiger partial charge in [-0.25, -0.2) is 9.97 Å². The van der Waals surface area contributed by atoms with Gasteiger partial charge in [-0.15, -0.1) is 0 Å². The average Bonchev–Trinajstić information content (AvgIpc) is 3.30. The molecule has 0 bridgehead atoms. The molecule has 3 aromatic rings. The Kier molecular flexibility index (Phi) is 6.96. The number of hydrogen-bond donors (Lipinski definition) is 1. The van der Waals surface area contributed by atoms with E-state index in [-0.39, 0.29) is 11.8 Å². The Balaban J connectivity index is 1.14. The molecular weight excluding hydrogens is 394 g/mol. The maximum atomic E-state index is 12.2. The first-order chi connectivity index (χ1) is 15.2. The molecule has 0 atom stereocenters. The van der Waals surface area contributed by atoms with E-state index >= 15 is 0 Å². The lowest BCUT2D eigenvalue weighted by molar-refractivity contribution is 0.0904. The lowest BCUT2D eigenvalue weighted by Gasteiger charge is -2.35. The fourth-order valence-corrected chi connectivity index (χ4v) is 3.63. The molecule has 1 fully saturated rings. The van der Waals surface area contributed by atoms with Gasteiger partial charge >= 0.3 is 11.8 Å². The number of nitrogens with one attached hydrogen (secondary N) is 1. The molecule has 9 nitrogen and oxygen atoms in total. The normalized spacial score (nSPS) is 15.1. The lowest BCUT2D eigenvalue weighted by Crippen LogP contribution is -2.46. The Hall–Kier alpha value is -3.17. The SMILES string of the molecule is Cc1ccccc1CN1CCN(CCCNC(=O)c2nc(-c3cncnc3)no2)CC1. The Morgan fingerprint density at radius 3 is 2.61 bits per heavy atom. The predicted molar refractivity (Wildman–Crippen MR) is 115 cm³/mol. The van der Waals surface area contributed by atoms with Crippen LogP contribution >= 0.6 is 0 Å². The van der Waals surface area contributed by atoms with Crippen LogP contribution in [0.15, 0.2) is 47.5 Å². The number of carbonyl (C=O) groups is 1. The fraction of sp³-hybridized carbons (Fsp3) is 0.409. The highest BCUT2D eigenvalue weighted by molar-refractivity contribution is 5.89. The second-order valence-corrected chi connectivity index (χ2v) is 7.70. The molecule has 1 saturated heterocycles. The Labute approximate surface area is 181 Å². The molecule has 1 aromatic carbocycles. The third kappa shape index (κ3) is 5.71. The molecule has 3 heterocycles. The zero-order valence-corrected chi connectivity index (χ0v) is 17.7. The molecule has 2 aromatic heterocycles. The minimum Gasteiger partial charge on any atom is -0.348 e. The summed E-state index contributed by atoms with van der Waals surface area (Å²) in [6.45, 7) is 8.92. The Bertz CT molecular complexity index is 984. The number of aryl methyl sites for hydroxylation is 1. The minimum atomic E-state index is -0.362. The van der Waals surface area contributed by atoms with Gasteiger partial charge < -0.3 is 14.7 Å². The smallest absolute Gasteiger partial charge is 0.316 e. The summed E-state index contributed by atoms with van der Waals surface area (Å²) >= 11 is 0. The van der Waals surface area contributed by atoms with Gasteiger partial charge in [-0.1, -0.05) is 29.4 Å². The topological polar surface area (TPSA) is 100 Å². The summed E-state index contributed by atoms with van der Waals surface area (Å²) in [5, 5.41) is 6.66. The summed E-state index contributed by atoms with van der Waals surface area (Å²) in [4.78, 5) is 29.1. The summed E-state index contributed by atoms with van der Waals surface area (Å²) in [5.41, 5.74) is 3.36. The van der Waals surface area contributed by atoms with Crippen molar-refractivity contribution in [2.75, 3.05) is 39.3 Å². The number of carbonyl (C=O) groups excluding carboxylic acids is 1. The second-order valence-electron chi connectivity index (χ2n) is 7.70. The van der Waals surface area contributed by atoms with Gasteiger partial charge in [0.25, 0.3) is 0 Å². The first-order valence-corrected chi connectivity index (χ1v) is 10.6. The number of aromatic nitrogens is 4. The van der Waals surface area contributed by atoms with Gasteiger partial charge in [-0.05, 0) is 31.0 Å². The first kappa shape index (κ1) is 21.1. The molecule has 162 valence electrons. The van der Waals surface area contributed by atoms with E-state index in [1.807, 2.05) is 0 Å². The molecule has 1 amide bonds. The summed E-state index contributed by atoms with van der Waals surface area (Å²) in [5.74, 6) is -0.114. The highest BCUT2D eigenvalue weighted by atomic mass is 16.5. The molecule has 31 heavy (non-hydrogen) atoms. The van der Waals surface area contributed by atoms with Crippen LogP contribution in [0, 0.1) is 6.92 Å². The Morgan fingerprint density at radius 1 is 1.10 bits per heavy atom. The maximum Gasteiger partial charge on any atom is 0.316 e. The molecular formula is C22H27N7O2. The van der Waals surface area contributed by atoms with Gasteiger partial charge in [0, 0.05) is 51.7 Å². The summed E-state index contributed by atoms with van der Waals surface area (Å²) in [6, 6.07) is 8.58. The zero-order valence-electron chi connectivity index (χ0n) is 17.7. The quantitative estimate of drug-likeness (QED) is 0.550. The van der Waals surface area contributed by atoms with Crippen LogP contribution in [0.25, 0.3) is 11.4 Å². The second kappa shape index (κ2) is 10.2. The van der Waals surface area contributed by atoms with E-state index in [1.54, 1.807) is 12.4 Å². The van der Waals surface area contributed by atoms with Crippen LogP contribution in [0.3, 0.4) is 0 Å². The van der Waals surface area contributed by atoms with E-state index in [0.717, 1.165) is 45.7 Å². The maximum absolute atomic E-state index is 12.2. The third-order valence-corrected chi connectivity index (χ3v) is 5.50. The monoisotopic (exact) mass is 421 g/mol. The highest BCUT2D eigenvalue weighted by Gasteiger charge is 2.18. The van der Waals surface area contributed by atoms with Crippen molar-refractivity contribution >= 4 is 5.91 Å². The van der Waals surface area contributed by atoms with Crippen LogP contribution in [0.1, 0.15) is 28.2 Å². The van der Waals surface area contributed by atoms with E-state index < -0.39 is 0 Å². The van der Waals surface area contributed by atoms with Gasteiger partial charge in [-0.3, -0.25) is 9.69 Å². The highest BCUT2D eigenvalue weighted by Crippen LogP contribution is 2.13. The lowest BCUT2D eigenvalue weighted by atomic mass is 10.1. The Morgan fingerprint density at radius 2 is 1.84 bits per heavy atom. The number of rotatable bonds is 8. The van der Waals surface area contributed by atoms with Gasteiger partial charge in [0.1, 0.15) is 6.33 Å². The van der Waals surface area contributed by atoms with Crippen LogP contribution in [0.4, 0.5) is 0 Å². The molecule has 1 aliphatic rings. The number of piperazine rings is 1. The molecule has 0 saturated carbocycles.